The van der Waals surface area contributed by atoms with Gasteiger partial charge < -0.3 is 10.6 Å². The minimum absolute atomic E-state index is 0.189. The third-order valence-corrected chi connectivity index (χ3v) is 4.38. The summed E-state index contributed by atoms with van der Waals surface area (Å²) in [6, 6.07) is 15.6. The average molecular weight is 367 g/mol. The second-order valence-corrected chi connectivity index (χ2v) is 6.23. The van der Waals surface area contributed by atoms with E-state index in [1.165, 1.54) is 18.0 Å². The van der Waals surface area contributed by atoms with Crippen molar-refractivity contribution in [3.8, 4) is 0 Å². The highest BCUT2D eigenvalue weighted by Gasteiger charge is 2.08. The fourth-order valence-corrected chi connectivity index (χ4v) is 2.61. The number of nitrogens with zero attached hydrogens (tertiary/aromatic N) is 2. The number of nitrogens with one attached hydrogen (secondary N) is 2. The van der Waals surface area contributed by atoms with Gasteiger partial charge in [-0.2, -0.15) is 0 Å². The van der Waals surface area contributed by atoms with Crippen LogP contribution in [0.25, 0.3) is 0 Å². The highest BCUT2D eigenvalue weighted by Crippen LogP contribution is 2.24. The van der Waals surface area contributed by atoms with Crippen molar-refractivity contribution in [1.82, 2.24) is 15.3 Å². The summed E-state index contributed by atoms with van der Waals surface area (Å²) in [6.45, 7) is 2.48. The normalized spacial score (nSPS) is 10.4. The Morgan fingerprint density at radius 3 is 2.50 bits per heavy atom. The van der Waals surface area contributed by atoms with Gasteiger partial charge in [0.2, 0.25) is 5.95 Å². The van der Waals surface area contributed by atoms with Crippen LogP contribution in [0.3, 0.4) is 0 Å². The molecule has 0 fully saturated rings. The molecule has 1 aromatic heterocycles. The number of aromatic nitrogens is 2. The third kappa shape index (κ3) is 4.58. The van der Waals surface area contributed by atoms with Crippen LogP contribution in [0.2, 0.25) is 5.02 Å². The molecule has 132 valence electrons. The summed E-state index contributed by atoms with van der Waals surface area (Å²) in [4.78, 5) is 20.6. The molecule has 0 atom stereocenters. The summed E-state index contributed by atoms with van der Waals surface area (Å²) in [5.41, 5.74) is 3.35. The van der Waals surface area contributed by atoms with Crippen molar-refractivity contribution < 1.29 is 4.79 Å². The lowest BCUT2D eigenvalue weighted by Crippen LogP contribution is -2.26. The molecule has 5 nitrogen and oxygen atoms in total. The van der Waals surface area contributed by atoms with Gasteiger partial charge in [0.05, 0.1) is 5.56 Å². The Labute approximate surface area is 157 Å². The molecule has 0 radical (unpaired) electrons. The Morgan fingerprint density at radius 2 is 1.77 bits per heavy atom. The lowest BCUT2D eigenvalue weighted by molar-refractivity contribution is 0.0953. The first kappa shape index (κ1) is 17.9. The van der Waals surface area contributed by atoms with E-state index in [9.17, 15) is 4.79 Å². The molecular weight excluding hydrogens is 348 g/mol. The van der Waals surface area contributed by atoms with Crippen LogP contribution in [-0.2, 0) is 6.42 Å². The highest BCUT2D eigenvalue weighted by molar-refractivity contribution is 6.31. The lowest BCUT2D eigenvalue weighted by atomic mass is 10.1. The first-order chi connectivity index (χ1) is 12.6. The topological polar surface area (TPSA) is 66.9 Å². The summed E-state index contributed by atoms with van der Waals surface area (Å²) < 4.78 is 0. The predicted molar refractivity (Wildman–Crippen MR) is 104 cm³/mol. The molecule has 0 saturated carbocycles. The molecule has 2 aromatic carbocycles. The molecule has 0 aliphatic heterocycles. The zero-order valence-electron chi connectivity index (χ0n) is 14.4. The van der Waals surface area contributed by atoms with Gasteiger partial charge in [0.15, 0.2) is 0 Å². The molecule has 1 amide bonds. The smallest absolute Gasteiger partial charge is 0.254 e. The van der Waals surface area contributed by atoms with E-state index in [0.29, 0.717) is 23.1 Å². The van der Waals surface area contributed by atoms with Crippen LogP contribution < -0.4 is 10.6 Å². The minimum Gasteiger partial charge on any atom is -0.352 e. The minimum atomic E-state index is -0.189. The van der Waals surface area contributed by atoms with E-state index < -0.39 is 0 Å². The Hall–Kier alpha value is -2.92. The summed E-state index contributed by atoms with van der Waals surface area (Å²) in [5, 5.41) is 6.65. The standard InChI is InChI=1S/C20H19ClN4O/c1-14-17(21)8-5-9-18(14)25-20-23-12-16(13-24-20)19(26)22-11-10-15-6-3-2-4-7-15/h2-9,12-13H,10-11H2,1H3,(H,22,26)(H,23,24,25). The molecule has 6 heteroatoms. The van der Waals surface area contributed by atoms with Crippen LogP contribution in [-0.4, -0.2) is 22.4 Å². The Bertz CT molecular complexity index is 882. The van der Waals surface area contributed by atoms with E-state index in [1.54, 1.807) is 0 Å². The molecule has 2 N–H and O–H groups in total. The van der Waals surface area contributed by atoms with Crippen molar-refractivity contribution in [2.45, 2.75) is 13.3 Å². The maximum atomic E-state index is 12.2. The number of hydrogen-bond donors (Lipinski definition) is 2. The fourth-order valence-electron chi connectivity index (χ4n) is 2.44. The SMILES string of the molecule is Cc1c(Cl)cccc1Nc1ncc(C(=O)NCCc2ccccc2)cn1. The molecular formula is C20H19ClN4O. The van der Waals surface area contributed by atoms with Crippen LogP contribution in [0.15, 0.2) is 60.9 Å². The largest absolute Gasteiger partial charge is 0.352 e. The number of hydrogen-bond acceptors (Lipinski definition) is 4. The van der Waals surface area contributed by atoms with Crippen molar-refractivity contribution in [3.63, 3.8) is 0 Å². The monoisotopic (exact) mass is 366 g/mol. The summed E-state index contributed by atoms with van der Waals surface area (Å²) in [5.74, 6) is 0.225. The maximum Gasteiger partial charge on any atom is 0.254 e. The maximum absolute atomic E-state index is 12.2. The van der Waals surface area contributed by atoms with Crippen molar-refractivity contribution in [1.29, 1.82) is 0 Å². The van der Waals surface area contributed by atoms with Gasteiger partial charge >= 0.3 is 0 Å². The van der Waals surface area contributed by atoms with Gasteiger partial charge in [-0.05, 0) is 36.6 Å². The Morgan fingerprint density at radius 1 is 1.04 bits per heavy atom. The van der Waals surface area contributed by atoms with Gasteiger partial charge in [-0.25, -0.2) is 9.97 Å². The zero-order chi connectivity index (χ0) is 18.4. The average Bonchev–Trinajstić information content (AvgIpc) is 2.67. The second kappa shape index (κ2) is 8.45. The molecule has 3 rings (SSSR count). The second-order valence-electron chi connectivity index (χ2n) is 5.82. The quantitative estimate of drug-likeness (QED) is 0.687. The van der Waals surface area contributed by atoms with E-state index in [0.717, 1.165) is 17.7 Å². The van der Waals surface area contributed by atoms with Gasteiger partial charge in [0, 0.05) is 29.6 Å². The molecule has 0 bridgehead atoms. The zero-order valence-corrected chi connectivity index (χ0v) is 15.1. The molecule has 3 aromatic rings. The van der Waals surface area contributed by atoms with Crippen molar-refractivity contribution >= 4 is 29.1 Å². The molecule has 0 unspecified atom stereocenters. The number of rotatable bonds is 6. The van der Waals surface area contributed by atoms with Gasteiger partial charge in [0.25, 0.3) is 5.91 Å². The molecule has 1 heterocycles. The first-order valence-corrected chi connectivity index (χ1v) is 8.67. The fraction of sp³-hybridized carbons (Fsp3) is 0.150. The predicted octanol–water partition coefficient (Wildman–Crippen LogP) is 4.15. The lowest BCUT2D eigenvalue weighted by Gasteiger charge is -2.09. The number of amides is 1. The van der Waals surface area contributed by atoms with Crippen molar-refractivity contribution in [2.75, 3.05) is 11.9 Å². The van der Waals surface area contributed by atoms with Crippen LogP contribution in [0.4, 0.5) is 11.6 Å². The molecule has 0 aliphatic rings. The molecule has 26 heavy (non-hydrogen) atoms. The van der Waals surface area contributed by atoms with Gasteiger partial charge in [-0.1, -0.05) is 48.0 Å². The summed E-state index contributed by atoms with van der Waals surface area (Å²) >= 11 is 6.11. The molecule has 0 saturated heterocycles. The van der Waals surface area contributed by atoms with Crippen LogP contribution in [0.5, 0.6) is 0 Å². The third-order valence-electron chi connectivity index (χ3n) is 3.97. The molecule has 0 spiro atoms. The Kier molecular flexibility index (Phi) is 5.81. The van der Waals surface area contributed by atoms with Crippen molar-refractivity contribution in [3.05, 3.63) is 82.6 Å². The van der Waals surface area contributed by atoms with E-state index in [2.05, 4.69) is 20.6 Å². The summed E-state index contributed by atoms with van der Waals surface area (Å²) in [6.07, 6.45) is 3.79. The first-order valence-electron chi connectivity index (χ1n) is 8.30. The number of anilines is 2. The number of benzene rings is 2. The van der Waals surface area contributed by atoms with Gasteiger partial charge in [-0.15, -0.1) is 0 Å². The van der Waals surface area contributed by atoms with E-state index in [1.807, 2.05) is 55.5 Å². The van der Waals surface area contributed by atoms with E-state index >= 15 is 0 Å². The summed E-state index contributed by atoms with van der Waals surface area (Å²) in [7, 11) is 0. The van der Waals surface area contributed by atoms with Crippen LogP contribution in [0.1, 0.15) is 21.5 Å². The van der Waals surface area contributed by atoms with E-state index in [-0.39, 0.29) is 5.91 Å². The number of halogens is 1. The van der Waals surface area contributed by atoms with E-state index in [4.69, 9.17) is 11.6 Å². The van der Waals surface area contributed by atoms with Crippen LogP contribution in [0, 0.1) is 6.92 Å². The van der Waals surface area contributed by atoms with Crippen LogP contribution >= 0.6 is 11.6 Å². The highest BCUT2D eigenvalue weighted by atomic mass is 35.5. The van der Waals surface area contributed by atoms with Gasteiger partial charge in [0.1, 0.15) is 0 Å². The number of carbonyl (C=O) groups excluding carboxylic acids is 1. The number of carbonyl (C=O) groups is 1. The Balaban J connectivity index is 1.56. The van der Waals surface area contributed by atoms with Crippen molar-refractivity contribution in [2.24, 2.45) is 0 Å². The van der Waals surface area contributed by atoms with Gasteiger partial charge in [-0.3, -0.25) is 4.79 Å². The molecule has 0 aliphatic carbocycles.